The Labute approximate surface area is 230 Å². The van der Waals surface area contributed by atoms with Gasteiger partial charge in [0, 0.05) is 50.7 Å². The van der Waals surface area contributed by atoms with E-state index in [1.54, 1.807) is 0 Å². The molecular weight excluding hydrogens is 496 g/mol. The van der Waals surface area contributed by atoms with Crippen molar-refractivity contribution in [3.05, 3.63) is 35.2 Å². The molecule has 0 spiro atoms. The Kier molecular flexibility index (Phi) is 9.01. The Morgan fingerprint density at radius 1 is 1.18 bits per heavy atom. The molecule has 3 aliphatic rings. The highest BCUT2D eigenvalue weighted by Gasteiger charge is 2.34. The van der Waals surface area contributed by atoms with Crippen molar-refractivity contribution in [1.82, 2.24) is 25.7 Å². The molecule has 10 nitrogen and oxygen atoms in total. The molecule has 0 bridgehead atoms. The summed E-state index contributed by atoms with van der Waals surface area (Å²) in [6, 6.07) is 6.07. The number of rotatable bonds is 10. The number of hydrogen-bond donors (Lipinski definition) is 2. The molecule has 0 unspecified atom stereocenters. The monoisotopic (exact) mass is 538 g/mol. The number of hydrogen-bond acceptors (Lipinski definition) is 8. The van der Waals surface area contributed by atoms with Crippen molar-refractivity contribution in [3.63, 3.8) is 0 Å². The number of likely N-dealkylation sites (tertiary alicyclic amines) is 1. The summed E-state index contributed by atoms with van der Waals surface area (Å²) < 4.78 is 11.4. The molecule has 0 radical (unpaired) electrons. The van der Waals surface area contributed by atoms with Gasteiger partial charge in [0.2, 0.25) is 5.91 Å². The number of carbonyl (C=O) groups is 2. The predicted octanol–water partition coefficient (Wildman–Crippen LogP) is 3.10. The van der Waals surface area contributed by atoms with Gasteiger partial charge in [-0.15, -0.1) is 0 Å². The van der Waals surface area contributed by atoms with Crippen molar-refractivity contribution < 1.29 is 18.8 Å². The molecule has 39 heavy (non-hydrogen) atoms. The van der Waals surface area contributed by atoms with Gasteiger partial charge in [0.05, 0.1) is 12.6 Å². The molecule has 212 valence electrons. The summed E-state index contributed by atoms with van der Waals surface area (Å²) in [5.41, 5.74) is 1.54. The van der Waals surface area contributed by atoms with Crippen molar-refractivity contribution in [1.29, 1.82) is 0 Å². The number of amides is 2. The number of aryl methyl sites for hydroxylation is 2. The van der Waals surface area contributed by atoms with E-state index in [0.717, 1.165) is 88.3 Å². The Balaban J connectivity index is 1.01. The smallest absolute Gasteiger partial charge is 0.324 e. The first-order valence-corrected chi connectivity index (χ1v) is 14.6. The van der Waals surface area contributed by atoms with Gasteiger partial charge in [-0.1, -0.05) is 12.1 Å². The van der Waals surface area contributed by atoms with Gasteiger partial charge in [0.25, 0.3) is 5.91 Å². The van der Waals surface area contributed by atoms with E-state index in [1.165, 1.54) is 0 Å². The lowest BCUT2D eigenvalue weighted by molar-refractivity contribution is -0.132. The third-order valence-corrected chi connectivity index (χ3v) is 8.31. The first-order chi connectivity index (χ1) is 19.0. The summed E-state index contributed by atoms with van der Waals surface area (Å²) in [7, 11) is 0. The van der Waals surface area contributed by atoms with Gasteiger partial charge < -0.3 is 29.7 Å². The lowest BCUT2D eigenvalue weighted by atomic mass is 9.92. The van der Waals surface area contributed by atoms with E-state index in [9.17, 15) is 9.59 Å². The van der Waals surface area contributed by atoms with Crippen LogP contribution in [0.4, 0.5) is 6.01 Å². The number of benzene rings is 1. The third kappa shape index (κ3) is 6.90. The molecule has 3 aliphatic heterocycles. The van der Waals surface area contributed by atoms with Gasteiger partial charge in [-0.05, 0) is 81.5 Å². The van der Waals surface area contributed by atoms with Crippen LogP contribution in [0.2, 0.25) is 0 Å². The van der Waals surface area contributed by atoms with Gasteiger partial charge in [-0.2, -0.15) is 4.98 Å². The zero-order valence-corrected chi connectivity index (χ0v) is 23.3. The summed E-state index contributed by atoms with van der Waals surface area (Å²) in [5.74, 6) is 2.31. The van der Waals surface area contributed by atoms with Gasteiger partial charge in [0.1, 0.15) is 5.75 Å². The maximum atomic E-state index is 12.9. The first-order valence-electron chi connectivity index (χ1n) is 14.6. The van der Waals surface area contributed by atoms with Crippen LogP contribution >= 0.6 is 0 Å². The van der Waals surface area contributed by atoms with Crippen LogP contribution < -0.4 is 20.3 Å². The minimum absolute atomic E-state index is 0.0444. The summed E-state index contributed by atoms with van der Waals surface area (Å²) in [5, 5.41) is 10.4. The zero-order valence-electron chi connectivity index (χ0n) is 23.3. The standard InChI is InChI=1S/C29H42N6O4/c1-3-26-32-29(39-33-26)35-14-10-21(11-15-35)7-6-16-38-23-8-9-24(20(2)17-23)27(36)31-22-18-25(30-19-22)28(37)34-12-4-5-13-34/h8-9,17,21-22,25,30H,3-7,10-16,18-19H2,1-2H3,(H,31,36)/t22-,25-/m0/s1. The van der Waals surface area contributed by atoms with Crippen LogP contribution in [0.15, 0.2) is 22.7 Å². The molecular formula is C29H42N6O4. The molecule has 1 aromatic carbocycles. The van der Waals surface area contributed by atoms with Crippen molar-refractivity contribution in [2.24, 2.45) is 5.92 Å². The minimum atomic E-state index is -0.197. The summed E-state index contributed by atoms with van der Waals surface area (Å²) in [6.07, 6.45) is 7.97. The van der Waals surface area contributed by atoms with Crippen molar-refractivity contribution in [3.8, 4) is 5.75 Å². The number of nitrogens with zero attached hydrogens (tertiary/aromatic N) is 4. The van der Waals surface area contributed by atoms with Crippen LogP contribution in [-0.2, 0) is 11.2 Å². The number of nitrogens with one attached hydrogen (secondary N) is 2. The first kappa shape index (κ1) is 27.4. The van der Waals surface area contributed by atoms with E-state index in [-0.39, 0.29) is 23.9 Å². The molecule has 3 fully saturated rings. The summed E-state index contributed by atoms with van der Waals surface area (Å²) in [6.45, 7) is 8.85. The second-order valence-corrected chi connectivity index (χ2v) is 11.1. The molecule has 0 aliphatic carbocycles. The summed E-state index contributed by atoms with van der Waals surface area (Å²) in [4.78, 5) is 34.2. The molecule has 5 rings (SSSR count). The van der Waals surface area contributed by atoms with E-state index >= 15 is 0 Å². The van der Waals surface area contributed by atoms with Crippen LogP contribution in [0.3, 0.4) is 0 Å². The van der Waals surface area contributed by atoms with Gasteiger partial charge in [0.15, 0.2) is 5.82 Å². The second-order valence-electron chi connectivity index (χ2n) is 11.1. The fraction of sp³-hybridized carbons (Fsp3) is 0.655. The van der Waals surface area contributed by atoms with Crippen molar-refractivity contribution in [2.75, 3.05) is 44.2 Å². The Morgan fingerprint density at radius 3 is 2.69 bits per heavy atom. The fourth-order valence-corrected chi connectivity index (χ4v) is 5.93. The lowest BCUT2D eigenvalue weighted by Gasteiger charge is -2.30. The molecule has 0 saturated carbocycles. The van der Waals surface area contributed by atoms with E-state index in [2.05, 4.69) is 25.7 Å². The molecule has 2 atom stereocenters. The predicted molar refractivity (Wildman–Crippen MR) is 148 cm³/mol. The van der Waals surface area contributed by atoms with E-state index in [1.807, 2.05) is 36.9 Å². The van der Waals surface area contributed by atoms with Gasteiger partial charge in [-0.3, -0.25) is 9.59 Å². The third-order valence-electron chi connectivity index (χ3n) is 8.31. The van der Waals surface area contributed by atoms with Crippen LogP contribution in [0.25, 0.3) is 0 Å². The number of aromatic nitrogens is 2. The summed E-state index contributed by atoms with van der Waals surface area (Å²) >= 11 is 0. The van der Waals surface area contributed by atoms with Gasteiger partial charge >= 0.3 is 6.01 Å². The Hall–Kier alpha value is -3.14. The van der Waals surface area contributed by atoms with Crippen LogP contribution in [0.1, 0.15) is 73.6 Å². The molecule has 2 aromatic rings. The zero-order chi connectivity index (χ0) is 27.2. The van der Waals surface area contributed by atoms with E-state index < -0.39 is 0 Å². The fourth-order valence-electron chi connectivity index (χ4n) is 5.93. The topological polar surface area (TPSA) is 113 Å². The van der Waals surface area contributed by atoms with Crippen LogP contribution in [-0.4, -0.2) is 78.3 Å². The minimum Gasteiger partial charge on any atom is -0.494 e. The number of anilines is 1. The molecule has 4 heterocycles. The van der Waals surface area contributed by atoms with E-state index in [0.29, 0.717) is 37.1 Å². The molecule has 3 saturated heterocycles. The number of ether oxygens (including phenoxy) is 1. The normalized spacial score (nSPS) is 21.9. The van der Waals surface area contributed by atoms with Crippen LogP contribution in [0, 0.1) is 12.8 Å². The lowest BCUT2D eigenvalue weighted by Crippen LogP contribution is -2.42. The largest absolute Gasteiger partial charge is 0.494 e. The Bertz CT molecular complexity index is 1120. The van der Waals surface area contributed by atoms with Crippen LogP contribution in [0.5, 0.6) is 5.75 Å². The maximum absolute atomic E-state index is 12.9. The molecule has 1 aromatic heterocycles. The average Bonchev–Trinajstić information content (AvgIpc) is 3.73. The molecule has 2 N–H and O–H groups in total. The average molecular weight is 539 g/mol. The van der Waals surface area contributed by atoms with E-state index in [4.69, 9.17) is 9.26 Å². The highest BCUT2D eigenvalue weighted by molar-refractivity contribution is 5.96. The maximum Gasteiger partial charge on any atom is 0.324 e. The van der Waals surface area contributed by atoms with Gasteiger partial charge in [-0.25, -0.2) is 0 Å². The molecule has 2 amide bonds. The van der Waals surface area contributed by atoms with Crippen molar-refractivity contribution >= 4 is 17.8 Å². The number of carbonyl (C=O) groups excluding carboxylic acids is 2. The number of piperidine rings is 1. The second kappa shape index (κ2) is 12.8. The quantitative estimate of drug-likeness (QED) is 0.444. The molecule has 10 heteroatoms. The Morgan fingerprint density at radius 2 is 1.97 bits per heavy atom. The highest BCUT2D eigenvalue weighted by atomic mass is 16.5. The highest BCUT2D eigenvalue weighted by Crippen LogP contribution is 2.26. The van der Waals surface area contributed by atoms with Crippen molar-refractivity contribution in [2.45, 2.75) is 77.3 Å². The SMILES string of the molecule is CCc1noc(N2CCC(CCCOc3ccc(C(=O)N[C@@H]4CN[C@H](C(=O)N5CCCC5)C4)c(C)c3)CC2)n1.